The van der Waals surface area contributed by atoms with E-state index in [1.165, 1.54) is 6.92 Å². The maximum atomic E-state index is 11.9. The first-order valence-corrected chi connectivity index (χ1v) is 8.27. The Balaban J connectivity index is 1.71. The lowest BCUT2D eigenvalue weighted by Gasteiger charge is -2.42. The molecule has 1 amide bonds. The molecule has 2 saturated heterocycles. The zero-order valence-electron chi connectivity index (χ0n) is 13.8. The summed E-state index contributed by atoms with van der Waals surface area (Å²) in [6.45, 7) is 4.58. The third-order valence-electron chi connectivity index (χ3n) is 4.93. The fraction of sp³-hybridized carbons (Fsp3) is 0.867. The summed E-state index contributed by atoms with van der Waals surface area (Å²) < 4.78 is 4.77. The molecule has 0 aromatic carbocycles. The molecule has 2 heterocycles. The van der Waals surface area contributed by atoms with Gasteiger partial charge in [0.2, 0.25) is 0 Å². The summed E-state index contributed by atoms with van der Waals surface area (Å²) >= 11 is 0. The number of hydrogen-bond acceptors (Lipinski definition) is 7. The van der Waals surface area contributed by atoms with E-state index in [0.29, 0.717) is 12.0 Å². The second kappa shape index (κ2) is 8.58. The van der Waals surface area contributed by atoms with Gasteiger partial charge in [-0.1, -0.05) is 0 Å². The minimum absolute atomic E-state index is 0.108. The number of carbonyl (C=O) groups excluding carboxylic acids is 2. The average molecular weight is 328 g/mol. The maximum absolute atomic E-state index is 11.9. The summed E-state index contributed by atoms with van der Waals surface area (Å²) in [5.74, 6) is 4.95. The molecule has 0 saturated carbocycles. The molecule has 4 N–H and O–H groups in total. The number of carbonyl (C=O) groups is 2. The standard InChI is InChI=1S/C15H28N4O4/c1-11(20)22-10-14(21)19-8-4-13(5-9-19)18-6-2-12(3-7-18)15(16)23-17/h12-13,15H,2-10,16-17H2,1H3. The number of esters is 1. The predicted octanol–water partition coefficient (Wildman–Crippen LogP) is -0.572. The van der Waals surface area contributed by atoms with Gasteiger partial charge in [-0.05, 0) is 38.8 Å². The van der Waals surface area contributed by atoms with Crippen LogP contribution in [0.5, 0.6) is 0 Å². The van der Waals surface area contributed by atoms with Crippen molar-refractivity contribution in [3.05, 3.63) is 0 Å². The molecule has 23 heavy (non-hydrogen) atoms. The molecule has 2 rings (SSSR count). The van der Waals surface area contributed by atoms with E-state index in [1.807, 2.05) is 0 Å². The molecule has 0 radical (unpaired) electrons. The molecular weight excluding hydrogens is 300 g/mol. The molecule has 1 unspecified atom stereocenters. The van der Waals surface area contributed by atoms with Crippen LogP contribution >= 0.6 is 0 Å². The Labute approximate surface area is 137 Å². The highest BCUT2D eigenvalue weighted by atomic mass is 16.6. The van der Waals surface area contributed by atoms with E-state index < -0.39 is 5.97 Å². The minimum Gasteiger partial charge on any atom is -0.456 e. The predicted molar refractivity (Wildman–Crippen MR) is 83.8 cm³/mol. The number of ether oxygens (including phenoxy) is 1. The van der Waals surface area contributed by atoms with Crippen LogP contribution in [0.3, 0.4) is 0 Å². The highest BCUT2D eigenvalue weighted by Gasteiger charge is 2.31. The maximum Gasteiger partial charge on any atom is 0.303 e. The van der Waals surface area contributed by atoms with Crippen molar-refractivity contribution >= 4 is 11.9 Å². The van der Waals surface area contributed by atoms with Crippen molar-refractivity contribution in [2.24, 2.45) is 17.5 Å². The van der Waals surface area contributed by atoms with Crippen molar-refractivity contribution in [3.8, 4) is 0 Å². The Kier molecular flexibility index (Phi) is 6.76. The summed E-state index contributed by atoms with van der Waals surface area (Å²) in [6.07, 6.45) is 3.51. The number of rotatable bonds is 5. The second-order valence-electron chi connectivity index (χ2n) is 6.37. The van der Waals surface area contributed by atoms with Crippen molar-refractivity contribution < 1.29 is 19.2 Å². The third kappa shape index (κ3) is 5.13. The van der Waals surface area contributed by atoms with Gasteiger partial charge in [0.15, 0.2) is 6.61 Å². The van der Waals surface area contributed by atoms with E-state index in [-0.39, 0.29) is 18.7 Å². The molecule has 1 atom stereocenters. The topological polar surface area (TPSA) is 111 Å². The summed E-state index contributed by atoms with van der Waals surface area (Å²) in [6, 6.07) is 0.503. The molecule has 8 heteroatoms. The van der Waals surface area contributed by atoms with Crippen molar-refractivity contribution in [1.82, 2.24) is 9.80 Å². The van der Waals surface area contributed by atoms with Gasteiger partial charge >= 0.3 is 5.97 Å². The molecule has 0 spiro atoms. The Morgan fingerprint density at radius 2 is 1.74 bits per heavy atom. The molecule has 0 aromatic rings. The van der Waals surface area contributed by atoms with Crippen LogP contribution in [-0.2, 0) is 19.2 Å². The largest absolute Gasteiger partial charge is 0.456 e. The van der Waals surface area contributed by atoms with Gasteiger partial charge in [0.1, 0.15) is 6.23 Å². The first kappa shape index (κ1) is 18.1. The number of piperidine rings is 2. The lowest BCUT2D eigenvalue weighted by Crippen LogP contribution is -2.51. The number of nitrogens with zero attached hydrogens (tertiary/aromatic N) is 2. The van der Waals surface area contributed by atoms with Crippen LogP contribution in [0.15, 0.2) is 0 Å². The van der Waals surface area contributed by atoms with E-state index in [4.69, 9.17) is 21.2 Å². The summed E-state index contributed by atoms with van der Waals surface area (Å²) in [4.78, 5) is 31.7. The molecular formula is C15H28N4O4. The molecule has 8 nitrogen and oxygen atoms in total. The molecule has 2 aliphatic rings. The van der Waals surface area contributed by atoms with Crippen molar-refractivity contribution in [3.63, 3.8) is 0 Å². The van der Waals surface area contributed by atoms with E-state index in [1.54, 1.807) is 4.90 Å². The lowest BCUT2D eigenvalue weighted by molar-refractivity contribution is -0.151. The fourth-order valence-electron chi connectivity index (χ4n) is 3.46. The lowest BCUT2D eigenvalue weighted by atomic mass is 9.92. The number of likely N-dealkylation sites (tertiary alicyclic amines) is 2. The third-order valence-corrected chi connectivity index (χ3v) is 4.93. The van der Waals surface area contributed by atoms with E-state index in [9.17, 15) is 9.59 Å². The minimum atomic E-state index is -0.421. The van der Waals surface area contributed by atoms with Gasteiger partial charge in [-0.2, -0.15) is 0 Å². The van der Waals surface area contributed by atoms with Crippen molar-refractivity contribution in [1.29, 1.82) is 0 Å². The normalized spacial score (nSPS) is 22.8. The molecule has 132 valence electrons. The van der Waals surface area contributed by atoms with Crippen LogP contribution in [0.25, 0.3) is 0 Å². The zero-order valence-corrected chi connectivity index (χ0v) is 13.8. The van der Waals surface area contributed by atoms with Gasteiger partial charge < -0.3 is 20.3 Å². The van der Waals surface area contributed by atoms with Crippen LogP contribution in [-0.4, -0.2) is 66.7 Å². The highest BCUT2D eigenvalue weighted by Crippen LogP contribution is 2.25. The van der Waals surface area contributed by atoms with E-state index in [2.05, 4.69) is 4.90 Å². The van der Waals surface area contributed by atoms with Crippen molar-refractivity contribution in [2.75, 3.05) is 32.8 Å². The highest BCUT2D eigenvalue weighted by molar-refractivity contribution is 5.80. The molecule has 0 aromatic heterocycles. The smallest absolute Gasteiger partial charge is 0.303 e. The Bertz CT molecular complexity index is 404. The summed E-state index contributed by atoms with van der Waals surface area (Å²) in [5, 5.41) is 0. The quantitative estimate of drug-likeness (QED) is 0.395. The van der Waals surface area contributed by atoms with Gasteiger partial charge in [-0.25, -0.2) is 5.90 Å². The second-order valence-corrected chi connectivity index (χ2v) is 6.37. The van der Waals surface area contributed by atoms with Gasteiger partial charge in [0, 0.05) is 32.0 Å². The average Bonchev–Trinajstić information content (AvgIpc) is 2.59. The molecule has 0 bridgehead atoms. The first-order chi connectivity index (χ1) is 11.0. The fourth-order valence-corrected chi connectivity index (χ4v) is 3.46. The van der Waals surface area contributed by atoms with Crippen LogP contribution in [0, 0.1) is 5.92 Å². The molecule has 2 aliphatic heterocycles. The first-order valence-electron chi connectivity index (χ1n) is 8.27. The van der Waals surface area contributed by atoms with E-state index >= 15 is 0 Å². The van der Waals surface area contributed by atoms with Crippen LogP contribution in [0.2, 0.25) is 0 Å². The van der Waals surface area contributed by atoms with Crippen molar-refractivity contribution in [2.45, 2.75) is 44.9 Å². The van der Waals surface area contributed by atoms with Crippen LogP contribution < -0.4 is 11.6 Å². The number of amides is 1. The van der Waals surface area contributed by atoms with E-state index in [0.717, 1.165) is 51.9 Å². The number of nitrogens with two attached hydrogens (primary N) is 2. The zero-order chi connectivity index (χ0) is 16.8. The number of hydrogen-bond donors (Lipinski definition) is 2. The van der Waals surface area contributed by atoms with Gasteiger partial charge in [-0.3, -0.25) is 14.4 Å². The Morgan fingerprint density at radius 3 is 2.26 bits per heavy atom. The molecule has 2 fully saturated rings. The van der Waals surface area contributed by atoms with Gasteiger partial charge in [0.05, 0.1) is 0 Å². The molecule has 0 aliphatic carbocycles. The summed E-state index contributed by atoms with van der Waals surface area (Å²) in [5.41, 5.74) is 5.83. The monoisotopic (exact) mass is 328 g/mol. The Morgan fingerprint density at radius 1 is 1.13 bits per heavy atom. The summed E-state index contributed by atoms with van der Waals surface area (Å²) in [7, 11) is 0. The van der Waals surface area contributed by atoms with Crippen LogP contribution in [0.4, 0.5) is 0 Å². The Hall–Kier alpha value is -1.22. The van der Waals surface area contributed by atoms with Gasteiger partial charge in [0.25, 0.3) is 5.91 Å². The van der Waals surface area contributed by atoms with Crippen LogP contribution in [0.1, 0.15) is 32.6 Å². The SMILES string of the molecule is CC(=O)OCC(=O)N1CCC(N2CCC(C(N)ON)CC2)CC1. The van der Waals surface area contributed by atoms with Gasteiger partial charge in [-0.15, -0.1) is 0 Å².